The number of carboxylic acids is 1. The molecule has 0 aromatic heterocycles. The van der Waals surface area contributed by atoms with E-state index >= 15 is 0 Å². The van der Waals surface area contributed by atoms with E-state index in [9.17, 15) is 14.7 Å². The topological polar surface area (TPSA) is 75.6 Å². The number of nitrogens with one attached hydrogen (secondary N) is 1. The zero-order chi connectivity index (χ0) is 15.1. The van der Waals surface area contributed by atoms with Crippen molar-refractivity contribution in [1.29, 1.82) is 0 Å². The second-order valence-corrected chi connectivity index (χ2v) is 6.34. The molecule has 0 saturated carbocycles. The van der Waals surface area contributed by atoms with Gasteiger partial charge in [0.25, 0.3) is 0 Å². The highest BCUT2D eigenvalue weighted by molar-refractivity contribution is 7.99. The summed E-state index contributed by atoms with van der Waals surface area (Å²) < 4.78 is 5.10. The third kappa shape index (κ3) is 4.39. The van der Waals surface area contributed by atoms with Crippen LogP contribution in [-0.4, -0.2) is 35.2 Å². The van der Waals surface area contributed by atoms with E-state index in [1.165, 1.54) is 0 Å². The molecule has 0 spiro atoms. The van der Waals surface area contributed by atoms with E-state index in [4.69, 9.17) is 4.74 Å². The SMILES string of the molecule is O=C(NCC1(C(=O)O)CCSCC1)OCc1ccccc1. The van der Waals surface area contributed by atoms with Crippen molar-refractivity contribution in [1.82, 2.24) is 5.32 Å². The zero-order valence-electron chi connectivity index (χ0n) is 11.7. The van der Waals surface area contributed by atoms with Gasteiger partial charge in [0, 0.05) is 6.54 Å². The van der Waals surface area contributed by atoms with Crippen molar-refractivity contribution >= 4 is 23.8 Å². The van der Waals surface area contributed by atoms with Crippen LogP contribution in [-0.2, 0) is 16.1 Å². The van der Waals surface area contributed by atoms with Crippen LogP contribution < -0.4 is 5.32 Å². The Kier molecular flexibility index (Phi) is 5.50. The summed E-state index contributed by atoms with van der Waals surface area (Å²) in [7, 11) is 0. The molecule has 5 nitrogen and oxygen atoms in total. The number of ether oxygens (including phenoxy) is 1. The molecule has 1 aromatic rings. The lowest BCUT2D eigenvalue weighted by molar-refractivity contribution is -0.149. The molecule has 0 unspecified atom stereocenters. The first-order valence-electron chi connectivity index (χ1n) is 6.88. The molecule has 1 amide bonds. The lowest BCUT2D eigenvalue weighted by Crippen LogP contribution is -2.45. The molecule has 0 aliphatic carbocycles. The van der Waals surface area contributed by atoms with Crippen molar-refractivity contribution in [3.8, 4) is 0 Å². The largest absolute Gasteiger partial charge is 0.481 e. The second kappa shape index (κ2) is 7.36. The molecular weight excluding hydrogens is 290 g/mol. The van der Waals surface area contributed by atoms with Crippen LogP contribution in [0.2, 0.25) is 0 Å². The van der Waals surface area contributed by atoms with Crippen LogP contribution in [0.25, 0.3) is 0 Å². The minimum atomic E-state index is -0.850. The number of amides is 1. The van der Waals surface area contributed by atoms with Crippen molar-refractivity contribution in [2.45, 2.75) is 19.4 Å². The number of carbonyl (C=O) groups excluding carboxylic acids is 1. The van der Waals surface area contributed by atoms with Crippen LogP contribution in [0.5, 0.6) is 0 Å². The van der Waals surface area contributed by atoms with E-state index in [1.54, 1.807) is 11.8 Å². The van der Waals surface area contributed by atoms with Crippen LogP contribution in [0.4, 0.5) is 4.79 Å². The molecule has 2 rings (SSSR count). The molecular formula is C15H19NO4S. The highest BCUT2D eigenvalue weighted by Crippen LogP contribution is 2.34. The quantitative estimate of drug-likeness (QED) is 0.874. The molecule has 1 aliphatic heterocycles. The predicted molar refractivity (Wildman–Crippen MR) is 81.3 cm³/mol. The monoisotopic (exact) mass is 309 g/mol. The average molecular weight is 309 g/mol. The Morgan fingerprint density at radius 1 is 1.24 bits per heavy atom. The Morgan fingerprint density at radius 2 is 1.90 bits per heavy atom. The van der Waals surface area contributed by atoms with Gasteiger partial charge in [-0.2, -0.15) is 11.8 Å². The van der Waals surface area contributed by atoms with Gasteiger partial charge < -0.3 is 15.2 Å². The maximum atomic E-state index is 11.7. The van der Waals surface area contributed by atoms with Gasteiger partial charge in [0.1, 0.15) is 6.61 Å². The first kappa shape index (κ1) is 15.7. The molecule has 0 bridgehead atoms. The van der Waals surface area contributed by atoms with Crippen molar-refractivity contribution in [3.05, 3.63) is 35.9 Å². The molecule has 1 saturated heterocycles. The van der Waals surface area contributed by atoms with E-state index < -0.39 is 17.5 Å². The Labute approximate surface area is 128 Å². The van der Waals surface area contributed by atoms with Crippen LogP contribution in [0.15, 0.2) is 30.3 Å². The van der Waals surface area contributed by atoms with Crippen LogP contribution in [0.3, 0.4) is 0 Å². The molecule has 1 aromatic carbocycles. The van der Waals surface area contributed by atoms with Crippen molar-refractivity contribution in [3.63, 3.8) is 0 Å². The van der Waals surface area contributed by atoms with Crippen molar-refractivity contribution < 1.29 is 19.4 Å². The maximum absolute atomic E-state index is 11.7. The normalized spacial score (nSPS) is 17.0. The Balaban J connectivity index is 1.80. The van der Waals surface area contributed by atoms with Gasteiger partial charge in [0.05, 0.1) is 5.41 Å². The number of carboxylic acid groups (broad SMARTS) is 1. The Bertz CT molecular complexity index is 486. The molecule has 0 radical (unpaired) electrons. The van der Waals surface area contributed by atoms with Crippen molar-refractivity contribution in [2.75, 3.05) is 18.1 Å². The van der Waals surface area contributed by atoms with Gasteiger partial charge in [0.2, 0.25) is 0 Å². The van der Waals surface area contributed by atoms with E-state index in [0.29, 0.717) is 12.8 Å². The summed E-state index contributed by atoms with van der Waals surface area (Å²) in [6, 6.07) is 9.36. The van der Waals surface area contributed by atoms with E-state index in [0.717, 1.165) is 17.1 Å². The Morgan fingerprint density at radius 3 is 2.52 bits per heavy atom. The van der Waals surface area contributed by atoms with Gasteiger partial charge in [-0.3, -0.25) is 4.79 Å². The molecule has 21 heavy (non-hydrogen) atoms. The number of rotatable bonds is 5. The first-order valence-corrected chi connectivity index (χ1v) is 8.04. The molecule has 0 atom stereocenters. The lowest BCUT2D eigenvalue weighted by Gasteiger charge is -2.32. The number of alkyl carbamates (subject to hydrolysis) is 1. The molecule has 1 heterocycles. The second-order valence-electron chi connectivity index (χ2n) is 5.11. The van der Waals surface area contributed by atoms with Crippen molar-refractivity contribution in [2.24, 2.45) is 5.41 Å². The number of thioether (sulfide) groups is 1. The summed E-state index contributed by atoms with van der Waals surface area (Å²) in [5.41, 5.74) is 0.0477. The van der Waals surface area contributed by atoms with Gasteiger partial charge in [0.15, 0.2) is 0 Å². The zero-order valence-corrected chi connectivity index (χ0v) is 12.5. The smallest absolute Gasteiger partial charge is 0.407 e. The number of aliphatic carboxylic acids is 1. The minimum Gasteiger partial charge on any atom is -0.481 e. The van der Waals surface area contributed by atoms with E-state index in [-0.39, 0.29) is 13.2 Å². The van der Waals surface area contributed by atoms with Crippen LogP contribution >= 0.6 is 11.8 Å². The molecule has 2 N–H and O–H groups in total. The van der Waals surface area contributed by atoms with E-state index in [1.807, 2.05) is 30.3 Å². The van der Waals surface area contributed by atoms with E-state index in [2.05, 4.69) is 5.32 Å². The van der Waals surface area contributed by atoms with Gasteiger partial charge in [-0.15, -0.1) is 0 Å². The summed E-state index contributed by atoms with van der Waals surface area (Å²) >= 11 is 1.75. The summed E-state index contributed by atoms with van der Waals surface area (Å²) in [5.74, 6) is 0.784. The lowest BCUT2D eigenvalue weighted by atomic mass is 9.82. The molecule has 1 fully saturated rings. The molecule has 1 aliphatic rings. The summed E-state index contributed by atoms with van der Waals surface area (Å²) in [6.45, 7) is 0.305. The summed E-state index contributed by atoms with van der Waals surface area (Å²) in [5, 5.41) is 12.0. The summed E-state index contributed by atoms with van der Waals surface area (Å²) in [4.78, 5) is 23.2. The number of benzene rings is 1. The van der Waals surface area contributed by atoms with Gasteiger partial charge >= 0.3 is 12.1 Å². The fourth-order valence-corrected chi connectivity index (χ4v) is 3.52. The number of carbonyl (C=O) groups is 2. The number of hydrogen-bond donors (Lipinski definition) is 2. The first-order chi connectivity index (χ1) is 10.1. The Hall–Kier alpha value is -1.69. The molecule has 114 valence electrons. The maximum Gasteiger partial charge on any atom is 0.407 e. The van der Waals surface area contributed by atoms with Crippen LogP contribution in [0, 0.1) is 5.41 Å². The van der Waals surface area contributed by atoms with Gasteiger partial charge in [-0.05, 0) is 29.9 Å². The van der Waals surface area contributed by atoms with Gasteiger partial charge in [-0.1, -0.05) is 30.3 Å². The standard InChI is InChI=1S/C15H19NO4S/c17-13(18)15(6-8-21-9-7-15)11-16-14(19)20-10-12-4-2-1-3-5-12/h1-5H,6-11H2,(H,16,19)(H,17,18). The highest BCUT2D eigenvalue weighted by Gasteiger charge is 2.40. The third-order valence-corrected chi connectivity index (χ3v) is 4.67. The van der Waals surface area contributed by atoms with Gasteiger partial charge in [-0.25, -0.2) is 4.79 Å². The fraction of sp³-hybridized carbons (Fsp3) is 0.467. The molecule has 6 heteroatoms. The minimum absolute atomic E-state index is 0.122. The average Bonchev–Trinajstić information content (AvgIpc) is 2.52. The predicted octanol–water partition coefficient (Wildman–Crippen LogP) is 2.51. The summed E-state index contributed by atoms with van der Waals surface area (Å²) in [6.07, 6.45) is 0.579. The third-order valence-electron chi connectivity index (χ3n) is 3.69. The fourth-order valence-electron chi connectivity index (χ4n) is 2.24. The van der Waals surface area contributed by atoms with Crippen LogP contribution in [0.1, 0.15) is 18.4 Å². The highest BCUT2D eigenvalue weighted by atomic mass is 32.2. The number of hydrogen-bond acceptors (Lipinski definition) is 4.